The van der Waals surface area contributed by atoms with Crippen LogP contribution in [-0.4, -0.2) is 17.5 Å². The number of halogens is 1. The number of H-pyrrole nitrogens is 1. The van der Waals surface area contributed by atoms with Crippen molar-refractivity contribution in [3.05, 3.63) is 64.8 Å². The summed E-state index contributed by atoms with van der Waals surface area (Å²) in [7, 11) is 0. The Balaban J connectivity index is 1.63. The van der Waals surface area contributed by atoms with Crippen LogP contribution in [0.5, 0.6) is 0 Å². The number of guanidine groups is 1. The molecule has 0 aliphatic rings. The van der Waals surface area contributed by atoms with Gasteiger partial charge in [0.1, 0.15) is 0 Å². The molecule has 0 atom stereocenters. The molecule has 0 bridgehead atoms. The quantitative estimate of drug-likeness (QED) is 0.499. The number of hydrogen-bond donors (Lipinski definition) is 3. The zero-order valence-corrected chi connectivity index (χ0v) is 13.7. The van der Waals surface area contributed by atoms with Gasteiger partial charge in [-0.1, -0.05) is 29.3 Å². The van der Waals surface area contributed by atoms with Crippen LogP contribution in [0.4, 0.5) is 5.69 Å². The van der Waals surface area contributed by atoms with Crippen molar-refractivity contribution in [3.8, 4) is 0 Å². The maximum absolute atomic E-state index is 6.06. The summed E-state index contributed by atoms with van der Waals surface area (Å²) in [5.74, 6) is 0.423. The third kappa shape index (κ3) is 3.85. The number of aromatic nitrogens is 1. The third-order valence-electron chi connectivity index (χ3n) is 3.72. The Kier molecular flexibility index (Phi) is 4.53. The lowest BCUT2D eigenvalue weighted by Gasteiger charge is -2.05. The smallest absolute Gasteiger partial charge is 0.193 e. The van der Waals surface area contributed by atoms with E-state index in [9.17, 15) is 0 Å². The maximum atomic E-state index is 6.06. The van der Waals surface area contributed by atoms with Crippen molar-refractivity contribution in [1.82, 2.24) is 4.98 Å². The summed E-state index contributed by atoms with van der Waals surface area (Å²) >= 11 is 6.06. The van der Waals surface area contributed by atoms with Crippen molar-refractivity contribution >= 4 is 34.2 Å². The minimum Gasteiger partial charge on any atom is -0.370 e. The number of fused-ring (bicyclic) bond motifs is 1. The van der Waals surface area contributed by atoms with Gasteiger partial charge in [-0.2, -0.15) is 0 Å². The van der Waals surface area contributed by atoms with E-state index in [1.165, 1.54) is 11.1 Å². The summed E-state index contributed by atoms with van der Waals surface area (Å²) in [6.45, 7) is 2.67. The Labute approximate surface area is 140 Å². The summed E-state index contributed by atoms with van der Waals surface area (Å²) in [6, 6.07) is 13.9. The molecule has 2 aromatic carbocycles. The molecule has 0 amide bonds. The van der Waals surface area contributed by atoms with Crippen LogP contribution >= 0.6 is 11.6 Å². The first-order chi connectivity index (χ1) is 11.1. The van der Waals surface area contributed by atoms with Gasteiger partial charge >= 0.3 is 0 Å². The Bertz CT molecular complexity index is 834. The van der Waals surface area contributed by atoms with E-state index >= 15 is 0 Å². The highest BCUT2D eigenvalue weighted by Gasteiger charge is 2.04. The zero-order chi connectivity index (χ0) is 16.2. The van der Waals surface area contributed by atoms with E-state index in [0.717, 1.165) is 28.0 Å². The highest BCUT2D eigenvalue weighted by atomic mass is 35.5. The Morgan fingerprint density at radius 2 is 2.00 bits per heavy atom. The number of rotatable bonds is 4. The molecule has 4 N–H and O–H groups in total. The molecule has 0 aliphatic heterocycles. The van der Waals surface area contributed by atoms with Crippen molar-refractivity contribution in [1.29, 1.82) is 0 Å². The number of hydrogen-bond acceptors (Lipinski definition) is 1. The van der Waals surface area contributed by atoms with Crippen LogP contribution in [0.3, 0.4) is 0 Å². The van der Waals surface area contributed by atoms with Gasteiger partial charge in [0.25, 0.3) is 0 Å². The van der Waals surface area contributed by atoms with Gasteiger partial charge in [-0.25, -0.2) is 0 Å². The van der Waals surface area contributed by atoms with Crippen LogP contribution in [0, 0.1) is 6.92 Å². The molecular formula is C18H19ClN4. The topological polar surface area (TPSA) is 66.2 Å². The minimum absolute atomic E-state index is 0.423. The van der Waals surface area contributed by atoms with Crippen molar-refractivity contribution in [2.75, 3.05) is 11.9 Å². The number of anilines is 1. The zero-order valence-electron chi connectivity index (χ0n) is 12.9. The second-order valence-electron chi connectivity index (χ2n) is 5.51. The Hall–Kier alpha value is -2.46. The van der Waals surface area contributed by atoms with E-state index in [-0.39, 0.29) is 0 Å². The SMILES string of the molecule is Cc1ccc(NC(N)=NCCc2c[nH]c3ccc(Cl)cc23)cc1. The summed E-state index contributed by atoms with van der Waals surface area (Å²) in [5, 5.41) is 4.97. The summed E-state index contributed by atoms with van der Waals surface area (Å²) in [6.07, 6.45) is 2.80. The molecule has 0 unspecified atom stereocenters. The highest BCUT2D eigenvalue weighted by molar-refractivity contribution is 6.31. The fraction of sp³-hybridized carbons (Fsp3) is 0.167. The molecule has 5 heteroatoms. The van der Waals surface area contributed by atoms with E-state index in [0.29, 0.717) is 12.5 Å². The number of nitrogens with zero attached hydrogens (tertiary/aromatic N) is 1. The minimum atomic E-state index is 0.423. The van der Waals surface area contributed by atoms with Gasteiger partial charge < -0.3 is 16.0 Å². The number of aliphatic imine (C=N–C) groups is 1. The van der Waals surface area contributed by atoms with Crippen molar-refractivity contribution in [3.63, 3.8) is 0 Å². The number of nitrogens with two attached hydrogens (primary N) is 1. The average Bonchev–Trinajstić information content (AvgIpc) is 2.92. The van der Waals surface area contributed by atoms with Crippen LogP contribution in [0.25, 0.3) is 10.9 Å². The standard InChI is InChI=1S/C18H19ClN4/c1-12-2-5-15(6-3-12)23-18(20)21-9-8-13-11-22-17-7-4-14(19)10-16(13)17/h2-7,10-11,22H,8-9H2,1H3,(H3,20,21,23). The predicted octanol–water partition coefficient (Wildman–Crippen LogP) is 4.10. The lowest BCUT2D eigenvalue weighted by Crippen LogP contribution is -2.23. The second kappa shape index (κ2) is 6.75. The summed E-state index contributed by atoms with van der Waals surface area (Å²) in [5.41, 5.74) is 10.4. The van der Waals surface area contributed by atoms with E-state index in [2.05, 4.69) is 22.2 Å². The predicted molar refractivity (Wildman–Crippen MR) is 98.3 cm³/mol. The van der Waals surface area contributed by atoms with E-state index in [1.54, 1.807) is 0 Å². The molecular weight excluding hydrogens is 308 g/mol. The highest BCUT2D eigenvalue weighted by Crippen LogP contribution is 2.22. The lowest BCUT2D eigenvalue weighted by molar-refractivity contribution is 0.972. The molecule has 4 nitrogen and oxygen atoms in total. The van der Waals surface area contributed by atoms with E-state index < -0.39 is 0 Å². The molecule has 118 valence electrons. The molecule has 0 spiro atoms. The van der Waals surface area contributed by atoms with Gasteiger partial charge in [0.05, 0.1) is 0 Å². The molecule has 0 saturated heterocycles. The van der Waals surface area contributed by atoms with Crippen LogP contribution in [0.2, 0.25) is 5.02 Å². The van der Waals surface area contributed by atoms with Gasteiger partial charge in [0.15, 0.2) is 5.96 Å². The Morgan fingerprint density at radius 1 is 1.22 bits per heavy atom. The molecule has 0 radical (unpaired) electrons. The molecule has 3 rings (SSSR count). The third-order valence-corrected chi connectivity index (χ3v) is 3.95. The van der Waals surface area contributed by atoms with Gasteiger partial charge in [0, 0.05) is 34.4 Å². The number of benzene rings is 2. The normalized spacial score (nSPS) is 11.8. The van der Waals surface area contributed by atoms with Gasteiger partial charge in [0.2, 0.25) is 0 Å². The van der Waals surface area contributed by atoms with Gasteiger partial charge in [-0.15, -0.1) is 0 Å². The van der Waals surface area contributed by atoms with Crippen molar-refractivity contribution < 1.29 is 0 Å². The maximum Gasteiger partial charge on any atom is 0.193 e. The number of aromatic amines is 1. The summed E-state index contributed by atoms with van der Waals surface area (Å²) < 4.78 is 0. The summed E-state index contributed by atoms with van der Waals surface area (Å²) in [4.78, 5) is 7.63. The second-order valence-corrected chi connectivity index (χ2v) is 5.95. The monoisotopic (exact) mass is 326 g/mol. The largest absolute Gasteiger partial charge is 0.370 e. The van der Waals surface area contributed by atoms with Crippen LogP contribution in [-0.2, 0) is 6.42 Å². The van der Waals surface area contributed by atoms with Crippen molar-refractivity contribution in [2.24, 2.45) is 10.7 Å². The number of aryl methyl sites for hydroxylation is 1. The molecule has 3 aromatic rings. The molecule has 1 heterocycles. The van der Waals surface area contributed by atoms with E-state index in [1.807, 2.05) is 48.7 Å². The molecule has 0 fully saturated rings. The van der Waals surface area contributed by atoms with Crippen LogP contribution in [0.15, 0.2) is 53.7 Å². The van der Waals surface area contributed by atoms with Gasteiger partial charge in [-0.3, -0.25) is 4.99 Å². The lowest BCUT2D eigenvalue weighted by atomic mass is 10.1. The first-order valence-corrected chi connectivity index (χ1v) is 7.89. The Morgan fingerprint density at radius 3 is 2.78 bits per heavy atom. The van der Waals surface area contributed by atoms with Crippen LogP contribution in [0.1, 0.15) is 11.1 Å². The molecule has 23 heavy (non-hydrogen) atoms. The van der Waals surface area contributed by atoms with Crippen molar-refractivity contribution in [2.45, 2.75) is 13.3 Å². The molecule has 0 saturated carbocycles. The first-order valence-electron chi connectivity index (χ1n) is 7.51. The first kappa shape index (κ1) is 15.4. The number of nitrogens with one attached hydrogen (secondary N) is 2. The molecule has 1 aromatic heterocycles. The molecule has 0 aliphatic carbocycles. The van der Waals surface area contributed by atoms with E-state index in [4.69, 9.17) is 17.3 Å². The fourth-order valence-corrected chi connectivity index (χ4v) is 2.65. The fourth-order valence-electron chi connectivity index (χ4n) is 2.48. The average molecular weight is 327 g/mol. The van der Waals surface area contributed by atoms with Gasteiger partial charge in [-0.05, 0) is 49.2 Å². The van der Waals surface area contributed by atoms with Crippen LogP contribution < -0.4 is 11.1 Å².